The lowest BCUT2D eigenvalue weighted by Crippen LogP contribution is -2.42. The summed E-state index contributed by atoms with van der Waals surface area (Å²) in [5.41, 5.74) is 9.05. The van der Waals surface area contributed by atoms with Crippen LogP contribution in [0.1, 0.15) is 23.5 Å². The minimum atomic E-state index is 0. The van der Waals surface area contributed by atoms with Crippen LogP contribution in [0.15, 0.2) is 30.4 Å². The van der Waals surface area contributed by atoms with E-state index in [-0.39, 0.29) is 12.4 Å². The van der Waals surface area contributed by atoms with E-state index in [1.54, 1.807) is 0 Å². The molecule has 3 rings (SSSR count). The SMILES string of the molecule is Cl.N[C@@H]1[C@@H]2C=CC[C@H]1c1ccc(Cl)cc1C2. The predicted octanol–water partition coefficient (Wildman–Crippen LogP) is 3.30. The lowest BCUT2D eigenvalue weighted by molar-refractivity contribution is 0.377. The maximum atomic E-state index is 6.25. The van der Waals surface area contributed by atoms with E-state index in [1.807, 2.05) is 6.07 Å². The van der Waals surface area contributed by atoms with Crippen LogP contribution < -0.4 is 5.73 Å². The average molecular weight is 256 g/mol. The van der Waals surface area contributed by atoms with Crippen molar-refractivity contribution in [3.63, 3.8) is 0 Å². The Labute approximate surface area is 107 Å². The van der Waals surface area contributed by atoms with Gasteiger partial charge in [-0.3, -0.25) is 0 Å². The summed E-state index contributed by atoms with van der Waals surface area (Å²) in [6.45, 7) is 0. The van der Waals surface area contributed by atoms with Crippen molar-refractivity contribution in [1.82, 2.24) is 0 Å². The van der Waals surface area contributed by atoms with E-state index in [4.69, 9.17) is 17.3 Å². The van der Waals surface area contributed by atoms with Crippen molar-refractivity contribution < 1.29 is 0 Å². The van der Waals surface area contributed by atoms with Crippen molar-refractivity contribution >= 4 is 24.0 Å². The number of fused-ring (bicyclic) bond motifs is 4. The summed E-state index contributed by atoms with van der Waals surface area (Å²) in [6.07, 6.45) is 6.66. The Morgan fingerprint density at radius 1 is 1.31 bits per heavy atom. The van der Waals surface area contributed by atoms with Gasteiger partial charge in [0.2, 0.25) is 0 Å². The normalized spacial score (nSPS) is 30.5. The van der Waals surface area contributed by atoms with Gasteiger partial charge >= 0.3 is 0 Å². The van der Waals surface area contributed by atoms with Crippen LogP contribution in [0.25, 0.3) is 0 Å². The number of halogens is 2. The average Bonchev–Trinajstić information content (AvgIpc) is 2.19. The highest BCUT2D eigenvalue weighted by atomic mass is 35.5. The van der Waals surface area contributed by atoms with Crippen LogP contribution in [-0.4, -0.2) is 6.04 Å². The van der Waals surface area contributed by atoms with Gasteiger partial charge in [-0.15, -0.1) is 12.4 Å². The third-order valence-electron chi connectivity index (χ3n) is 3.69. The molecule has 2 N–H and O–H groups in total. The van der Waals surface area contributed by atoms with Gasteiger partial charge in [0.1, 0.15) is 0 Å². The van der Waals surface area contributed by atoms with Gasteiger partial charge in [-0.05, 0) is 42.0 Å². The fraction of sp³-hybridized carbons (Fsp3) is 0.385. The first-order valence-electron chi connectivity index (χ1n) is 5.46. The Balaban J connectivity index is 0.000000963. The minimum absolute atomic E-state index is 0. The van der Waals surface area contributed by atoms with Crippen LogP contribution in [0.2, 0.25) is 5.02 Å². The lowest BCUT2D eigenvalue weighted by atomic mass is 9.69. The van der Waals surface area contributed by atoms with Crippen LogP contribution in [-0.2, 0) is 6.42 Å². The molecule has 1 aromatic carbocycles. The van der Waals surface area contributed by atoms with Crippen molar-refractivity contribution in [3.05, 3.63) is 46.5 Å². The van der Waals surface area contributed by atoms with Gasteiger partial charge in [0, 0.05) is 17.0 Å². The van der Waals surface area contributed by atoms with Crippen molar-refractivity contribution in [3.8, 4) is 0 Å². The zero-order valence-electron chi connectivity index (χ0n) is 8.90. The summed E-state index contributed by atoms with van der Waals surface area (Å²) in [4.78, 5) is 0. The molecule has 0 radical (unpaired) electrons. The highest BCUT2D eigenvalue weighted by Gasteiger charge is 2.34. The van der Waals surface area contributed by atoms with Gasteiger partial charge in [0.15, 0.2) is 0 Å². The first-order chi connectivity index (χ1) is 7.25. The molecule has 0 amide bonds. The van der Waals surface area contributed by atoms with Crippen molar-refractivity contribution in [1.29, 1.82) is 0 Å². The van der Waals surface area contributed by atoms with Crippen LogP contribution in [0.3, 0.4) is 0 Å². The molecule has 16 heavy (non-hydrogen) atoms. The van der Waals surface area contributed by atoms with Gasteiger partial charge in [-0.25, -0.2) is 0 Å². The number of hydrogen-bond acceptors (Lipinski definition) is 1. The molecule has 2 aliphatic carbocycles. The summed E-state index contributed by atoms with van der Waals surface area (Å²) in [5, 5.41) is 0.839. The van der Waals surface area contributed by atoms with Crippen LogP contribution in [0.4, 0.5) is 0 Å². The molecule has 3 heteroatoms. The Kier molecular flexibility index (Phi) is 3.29. The predicted molar refractivity (Wildman–Crippen MR) is 70.4 cm³/mol. The molecule has 86 valence electrons. The van der Waals surface area contributed by atoms with Gasteiger partial charge in [-0.1, -0.05) is 29.8 Å². The maximum absolute atomic E-state index is 6.25. The molecule has 0 heterocycles. The minimum Gasteiger partial charge on any atom is -0.327 e. The number of nitrogens with two attached hydrogens (primary N) is 1. The summed E-state index contributed by atoms with van der Waals surface area (Å²) >= 11 is 6.02. The molecule has 0 spiro atoms. The third-order valence-corrected chi connectivity index (χ3v) is 3.93. The van der Waals surface area contributed by atoms with E-state index in [0.717, 1.165) is 17.9 Å². The smallest absolute Gasteiger partial charge is 0.0408 e. The first kappa shape index (κ1) is 12.0. The van der Waals surface area contributed by atoms with E-state index in [1.165, 1.54) is 11.1 Å². The molecule has 0 unspecified atom stereocenters. The summed E-state index contributed by atoms with van der Waals surface area (Å²) in [6, 6.07) is 6.52. The van der Waals surface area contributed by atoms with Gasteiger partial charge < -0.3 is 5.73 Å². The van der Waals surface area contributed by atoms with E-state index >= 15 is 0 Å². The molecule has 1 nitrogen and oxygen atoms in total. The lowest BCUT2D eigenvalue weighted by Gasteiger charge is -2.38. The monoisotopic (exact) mass is 255 g/mol. The highest BCUT2D eigenvalue weighted by Crippen LogP contribution is 2.40. The van der Waals surface area contributed by atoms with E-state index in [0.29, 0.717) is 17.9 Å². The standard InChI is InChI=1S/C13H14ClN.ClH/c14-10-4-5-11-9(7-10)6-8-2-1-3-12(11)13(8)15;/h1-2,4-5,7-8,12-13H,3,6,15H2;1H/t8-,12+,13-;/m1./s1. The zero-order valence-corrected chi connectivity index (χ0v) is 10.5. The molecule has 0 saturated carbocycles. The first-order valence-corrected chi connectivity index (χ1v) is 5.84. The topological polar surface area (TPSA) is 26.0 Å². The van der Waals surface area contributed by atoms with Gasteiger partial charge in [0.25, 0.3) is 0 Å². The molecule has 0 aromatic heterocycles. The fourth-order valence-electron chi connectivity index (χ4n) is 2.89. The number of allylic oxidation sites excluding steroid dienone is 1. The van der Waals surface area contributed by atoms with E-state index in [9.17, 15) is 0 Å². The largest absolute Gasteiger partial charge is 0.327 e. The van der Waals surface area contributed by atoms with Gasteiger partial charge in [-0.2, -0.15) is 0 Å². The molecule has 1 aromatic rings. The van der Waals surface area contributed by atoms with Crippen LogP contribution in [0, 0.1) is 5.92 Å². The third kappa shape index (κ3) is 1.77. The number of hydrogen-bond donors (Lipinski definition) is 1. The highest BCUT2D eigenvalue weighted by molar-refractivity contribution is 6.30. The molecule has 3 atom stereocenters. The zero-order chi connectivity index (χ0) is 10.4. The fourth-order valence-corrected chi connectivity index (χ4v) is 3.08. The van der Waals surface area contributed by atoms with Crippen molar-refractivity contribution in [2.45, 2.75) is 24.8 Å². The summed E-state index contributed by atoms with van der Waals surface area (Å²) in [5.74, 6) is 1.01. The van der Waals surface area contributed by atoms with Crippen LogP contribution in [0.5, 0.6) is 0 Å². The summed E-state index contributed by atoms with van der Waals surface area (Å²) in [7, 11) is 0. The van der Waals surface area contributed by atoms with E-state index < -0.39 is 0 Å². The molecule has 0 saturated heterocycles. The molecular weight excluding hydrogens is 241 g/mol. The van der Waals surface area contributed by atoms with Crippen LogP contribution >= 0.6 is 24.0 Å². The molecule has 2 aliphatic rings. The summed E-state index contributed by atoms with van der Waals surface area (Å²) < 4.78 is 0. The molecule has 0 fully saturated rings. The Morgan fingerprint density at radius 3 is 2.94 bits per heavy atom. The van der Waals surface area contributed by atoms with E-state index in [2.05, 4.69) is 24.3 Å². The van der Waals surface area contributed by atoms with Crippen molar-refractivity contribution in [2.75, 3.05) is 0 Å². The number of benzene rings is 1. The van der Waals surface area contributed by atoms with Crippen molar-refractivity contribution in [2.24, 2.45) is 11.7 Å². The number of rotatable bonds is 0. The quantitative estimate of drug-likeness (QED) is 0.708. The Hall–Kier alpha value is -0.500. The molecule has 2 bridgehead atoms. The Morgan fingerprint density at radius 2 is 2.12 bits per heavy atom. The Bertz CT molecular complexity index is 428. The second-order valence-electron chi connectivity index (χ2n) is 4.56. The maximum Gasteiger partial charge on any atom is 0.0408 e. The molecule has 0 aliphatic heterocycles. The second kappa shape index (κ2) is 4.40. The van der Waals surface area contributed by atoms with Gasteiger partial charge in [0.05, 0.1) is 0 Å². The molecular formula is C13H15Cl2N. The second-order valence-corrected chi connectivity index (χ2v) is 5.00.